The van der Waals surface area contributed by atoms with Crippen LogP contribution >= 0.6 is 0 Å². The van der Waals surface area contributed by atoms with E-state index in [9.17, 15) is 0 Å². The van der Waals surface area contributed by atoms with E-state index < -0.39 is 0 Å². The number of rotatable bonds is 6. The Morgan fingerprint density at radius 2 is 1.94 bits per heavy atom. The molecule has 0 bridgehead atoms. The van der Waals surface area contributed by atoms with Crippen molar-refractivity contribution in [1.29, 1.82) is 0 Å². The average Bonchev–Trinajstić information content (AvgIpc) is 2.28. The van der Waals surface area contributed by atoms with Crippen LogP contribution in [0.5, 0.6) is 5.75 Å². The van der Waals surface area contributed by atoms with Crippen LogP contribution in [-0.4, -0.2) is 25.1 Å². The summed E-state index contributed by atoms with van der Waals surface area (Å²) in [5, 5.41) is 0. The monoisotopic (exact) mass is 250 g/mol. The first-order valence-electron chi connectivity index (χ1n) is 6.56. The first kappa shape index (κ1) is 14.8. The normalized spacial score (nSPS) is 13.1. The summed E-state index contributed by atoms with van der Waals surface area (Å²) in [6.45, 7) is 7.64. The zero-order valence-corrected chi connectivity index (χ0v) is 12.2. The van der Waals surface area contributed by atoms with Gasteiger partial charge in [-0.15, -0.1) is 0 Å². The van der Waals surface area contributed by atoms with Crippen LogP contribution in [0.1, 0.15) is 32.8 Å². The number of hydrogen-bond donors (Lipinski definition) is 1. The van der Waals surface area contributed by atoms with E-state index >= 15 is 0 Å². The van der Waals surface area contributed by atoms with Crippen LogP contribution in [0, 0.1) is 5.92 Å². The molecule has 1 aromatic rings. The van der Waals surface area contributed by atoms with Crippen LogP contribution in [0.3, 0.4) is 0 Å². The molecule has 0 amide bonds. The minimum atomic E-state index is 0.552. The van der Waals surface area contributed by atoms with Gasteiger partial charge in [0.15, 0.2) is 0 Å². The number of benzene rings is 1. The summed E-state index contributed by atoms with van der Waals surface area (Å²) in [4.78, 5) is 2.34. The van der Waals surface area contributed by atoms with E-state index in [2.05, 4.69) is 32.7 Å². The molecule has 0 fully saturated rings. The minimum absolute atomic E-state index is 0.552. The molecule has 0 aliphatic carbocycles. The molecule has 1 aromatic carbocycles. The summed E-state index contributed by atoms with van der Waals surface area (Å²) < 4.78 is 5.38. The highest BCUT2D eigenvalue weighted by Gasteiger charge is 2.13. The van der Waals surface area contributed by atoms with Gasteiger partial charge in [0.1, 0.15) is 5.75 Å². The van der Waals surface area contributed by atoms with Gasteiger partial charge in [0.2, 0.25) is 0 Å². The molecule has 2 N–H and O–H groups in total. The quantitative estimate of drug-likeness (QED) is 0.788. The van der Waals surface area contributed by atoms with E-state index in [1.165, 1.54) is 6.42 Å². The summed E-state index contributed by atoms with van der Waals surface area (Å²) in [7, 11) is 3.85. The number of nitrogens with two attached hydrogens (primary N) is 1. The van der Waals surface area contributed by atoms with E-state index in [4.69, 9.17) is 10.5 Å². The van der Waals surface area contributed by atoms with Gasteiger partial charge in [0.05, 0.1) is 7.11 Å². The minimum Gasteiger partial charge on any atom is -0.496 e. The Morgan fingerprint density at radius 3 is 2.50 bits per heavy atom. The molecule has 0 saturated heterocycles. The number of anilines is 1. The molecule has 3 heteroatoms. The molecule has 1 rings (SSSR count). The molecule has 0 aromatic heterocycles. The first-order valence-corrected chi connectivity index (χ1v) is 6.56. The zero-order valence-electron chi connectivity index (χ0n) is 12.2. The predicted molar refractivity (Wildman–Crippen MR) is 77.8 cm³/mol. The fraction of sp³-hybridized carbons (Fsp3) is 0.600. The molecule has 102 valence electrons. The van der Waals surface area contributed by atoms with E-state index in [0.29, 0.717) is 12.0 Å². The van der Waals surface area contributed by atoms with Gasteiger partial charge < -0.3 is 10.5 Å². The molecule has 0 saturated carbocycles. The summed E-state index contributed by atoms with van der Waals surface area (Å²) >= 11 is 0. The second-order valence-electron chi connectivity index (χ2n) is 5.46. The molecule has 1 atom stereocenters. The molecule has 1 unspecified atom stereocenters. The smallest absolute Gasteiger partial charge is 0.123 e. The van der Waals surface area contributed by atoms with Crippen LogP contribution < -0.4 is 10.5 Å². The highest BCUT2D eigenvalue weighted by atomic mass is 16.5. The van der Waals surface area contributed by atoms with Gasteiger partial charge in [-0.3, -0.25) is 4.90 Å². The molecular formula is C15H26N2O. The number of nitrogens with zero attached hydrogens (tertiary/aromatic N) is 1. The fourth-order valence-corrected chi connectivity index (χ4v) is 2.21. The van der Waals surface area contributed by atoms with Gasteiger partial charge in [0.25, 0.3) is 0 Å². The van der Waals surface area contributed by atoms with Crippen molar-refractivity contribution in [1.82, 2.24) is 4.90 Å². The summed E-state index contributed by atoms with van der Waals surface area (Å²) in [5.41, 5.74) is 7.78. The molecule has 0 aliphatic heterocycles. The molecule has 0 spiro atoms. The SMILES string of the molecule is COc1ccc(N)cc1CN(C)C(C)CC(C)C. The Kier molecular flexibility index (Phi) is 5.48. The van der Waals surface area contributed by atoms with Crippen molar-refractivity contribution in [2.24, 2.45) is 5.92 Å². The van der Waals surface area contributed by atoms with Gasteiger partial charge >= 0.3 is 0 Å². The third-order valence-corrected chi connectivity index (χ3v) is 3.29. The van der Waals surface area contributed by atoms with E-state index in [0.717, 1.165) is 23.5 Å². The van der Waals surface area contributed by atoms with Crippen molar-refractivity contribution in [2.75, 3.05) is 19.9 Å². The maximum absolute atomic E-state index is 5.84. The maximum Gasteiger partial charge on any atom is 0.123 e. The number of hydrogen-bond acceptors (Lipinski definition) is 3. The summed E-state index contributed by atoms with van der Waals surface area (Å²) in [6, 6.07) is 6.36. The van der Waals surface area contributed by atoms with Gasteiger partial charge in [-0.2, -0.15) is 0 Å². The second kappa shape index (κ2) is 6.64. The molecule has 18 heavy (non-hydrogen) atoms. The van der Waals surface area contributed by atoms with E-state index in [1.807, 2.05) is 18.2 Å². The Labute approximate surface area is 111 Å². The highest BCUT2D eigenvalue weighted by Crippen LogP contribution is 2.23. The van der Waals surface area contributed by atoms with Crippen molar-refractivity contribution in [2.45, 2.75) is 39.8 Å². The Balaban J connectivity index is 2.74. The van der Waals surface area contributed by atoms with Gasteiger partial charge in [0, 0.05) is 23.8 Å². The van der Waals surface area contributed by atoms with Crippen LogP contribution in [0.2, 0.25) is 0 Å². The number of nitrogen functional groups attached to an aromatic ring is 1. The van der Waals surface area contributed by atoms with Crippen LogP contribution in [0.4, 0.5) is 5.69 Å². The van der Waals surface area contributed by atoms with Gasteiger partial charge in [-0.05, 0) is 44.5 Å². The molecule has 0 heterocycles. The van der Waals surface area contributed by atoms with Gasteiger partial charge in [-0.25, -0.2) is 0 Å². The molecule has 0 aliphatic rings. The van der Waals surface area contributed by atoms with Crippen molar-refractivity contribution >= 4 is 5.69 Å². The van der Waals surface area contributed by atoms with Crippen molar-refractivity contribution in [3.63, 3.8) is 0 Å². The molecule has 0 radical (unpaired) electrons. The zero-order chi connectivity index (χ0) is 13.7. The number of ether oxygens (including phenoxy) is 1. The highest BCUT2D eigenvalue weighted by molar-refractivity contribution is 5.47. The lowest BCUT2D eigenvalue weighted by Crippen LogP contribution is -2.29. The predicted octanol–water partition coefficient (Wildman–Crippen LogP) is 3.14. The van der Waals surface area contributed by atoms with E-state index in [-0.39, 0.29) is 0 Å². The standard InChI is InChI=1S/C15H26N2O/c1-11(2)8-12(3)17(4)10-13-9-14(16)6-7-15(13)18-5/h6-7,9,11-12H,8,10,16H2,1-5H3. The Bertz CT molecular complexity index is 377. The third-order valence-electron chi connectivity index (χ3n) is 3.29. The second-order valence-corrected chi connectivity index (χ2v) is 5.46. The van der Waals surface area contributed by atoms with Gasteiger partial charge in [-0.1, -0.05) is 13.8 Å². The lowest BCUT2D eigenvalue weighted by molar-refractivity contribution is 0.218. The van der Waals surface area contributed by atoms with Crippen molar-refractivity contribution < 1.29 is 4.74 Å². The van der Waals surface area contributed by atoms with Crippen molar-refractivity contribution in [3.8, 4) is 5.75 Å². The van der Waals surface area contributed by atoms with Crippen LogP contribution in [0.25, 0.3) is 0 Å². The molecular weight excluding hydrogens is 224 g/mol. The topological polar surface area (TPSA) is 38.5 Å². The average molecular weight is 250 g/mol. The Hall–Kier alpha value is -1.22. The van der Waals surface area contributed by atoms with Crippen molar-refractivity contribution in [3.05, 3.63) is 23.8 Å². The van der Waals surface area contributed by atoms with Crippen LogP contribution in [-0.2, 0) is 6.54 Å². The fourth-order valence-electron chi connectivity index (χ4n) is 2.21. The maximum atomic E-state index is 5.84. The van der Waals surface area contributed by atoms with E-state index in [1.54, 1.807) is 7.11 Å². The summed E-state index contributed by atoms with van der Waals surface area (Å²) in [5.74, 6) is 1.62. The largest absolute Gasteiger partial charge is 0.496 e. The lowest BCUT2D eigenvalue weighted by atomic mass is 10.0. The molecule has 3 nitrogen and oxygen atoms in total. The summed E-state index contributed by atoms with van der Waals surface area (Å²) in [6.07, 6.45) is 1.20. The third kappa shape index (κ3) is 4.22. The lowest BCUT2D eigenvalue weighted by Gasteiger charge is -2.26. The number of methoxy groups -OCH3 is 1. The van der Waals surface area contributed by atoms with Crippen LogP contribution in [0.15, 0.2) is 18.2 Å². The first-order chi connectivity index (χ1) is 8.43. The Morgan fingerprint density at radius 1 is 1.28 bits per heavy atom.